The van der Waals surface area contributed by atoms with Gasteiger partial charge in [0.2, 0.25) is 0 Å². The lowest BCUT2D eigenvalue weighted by Gasteiger charge is -2.18. The Kier molecular flexibility index (Phi) is 7.14. The second-order valence-corrected chi connectivity index (χ2v) is 4.53. The van der Waals surface area contributed by atoms with Crippen LogP contribution in [0, 0.1) is 0 Å². The maximum Gasteiger partial charge on any atom is 0.145 e. The number of nitrogens with two attached hydrogens (primary N) is 1. The van der Waals surface area contributed by atoms with Crippen molar-refractivity contribution in [3.63, 3.8) is 0 Å². The van der Waals surface area contributed by atoms with Gasteiger partial charge in [0, 0.05) is 19.6 Å². The molecule has 0 saturated carbocycles. The Morgan fingerprint density at radius 3 is 2.58 bits per heavy atom. The maximum atomic E-state index is 5.44. The fourth-order valence-corrected chi connectivity index (χ4v) is 1.94. The highest BCUT2D eigenvalue weighted by atomic mass is 16.5. The SMILES string of the molecule is CCCc1nc(NN)cc(NC(CCC)COC)n1. The van der Waals surface area contributed by atoms with Crippen LogP contribution in [0.3, 0.4) is 0 Å². The molecule has 1 atom stereocenters. The van der Waals surface area contributed by atoms with Crippen LogP contribution in [0.2, 0.25) is 0 Å². The summed E-state index contributed by atoms with van der Waals surface area (Å²) in [5, 5.41) is 3.38. The van der Waals surface area contributed by atoms with E-state index in [-0.39, 0.29) is 6.04 Å². The van der Waals surface area contributed by atoms with Gasteiger partial charge in [-0.15, -0.1) is 0 Å². The zero-order valence-corrected chi connectivity index (χ0v) is 12.1. The van der Waals surface area contributed by atoms with Crippen LogP contribution < -0.4 is 16.6 Å². The summed E-state index contributed by atoms with van der Waals surface area (Å²) in [4.78, 5) is 8.82. The summed E-state index contributed by atoms with van der Waals surface area (Å²) in [6.45, 7) is 4.91. The Bertz CT molecular complexity index is 366. The number of nitrogen functional groups attached to an aromatic ring is 1. The van der Waals surface area contributed by atoms with Crippen molar-refractivity contribution in [2.24, 2.45) is 5.84 Å². The number of aromatic nitrogens is 2. The van der Waals surface area contributed by atoms with Crippen LogP contribution in [-0.4, -0.2) is 29.7 Å². The van der Waals surface area contributed by atoms with Crippen molar-refractivity contribution in [1.82, 2.24) is 9.97 Å². The van der Waals surface area contributed by atoms with E-state index >= 15 is 0 Å². The monoisotopic (exact) mass is 267 g/mol. The molecule has 0 saturated heterocycles. The molecular weight excluding hydrogens is 242 g/mol. The lowest BCUT2D eigenvalue weighted by molar-refractivity contribution is 0.182. The molecule has 19 heavy (non-hydrogen) atoms. The molecule has 6 heteroatoms. The molecule has 0 spiro atoms. The van der Waals surface area contributed by atoms with Gasteiger partial charge < -0.3 is 15.5 Å². The number of aryl methyl sites for hydroxylation is 1. The molecule has 1 unspecified atom stereocenters. The van der Waals surface area contributed by atoms with Crippen molar-refractivity contribution < 1.29 is 4.74 Å². The summed E-state index contributed by atoms with van der Waals surface area (Å²) in [7, 11) is 1.71. The standard InChI is InChI=1S/C13H25N5O/c1-4-6-10(9-19-3)15-12-8-13(18-14)17-11(16-12)7-5-2/h8,10H,4-7,9,14H2,1-3H3,(H2,15,16,17,18). The van der Waals surface area contributed by atoms with Gasteiger partial charge in [-0.1, -0.05) is 20.3 Å². The predicted molar refractivity (Wildman–Crippen MR) is 78.0 cm³/mol. The van der Waals surface area contributed by atoms with E-state index in [1.807, 2.05) is 6.07 Å². The zero-order chi connectivity index (χ0) is 14.1. The number of ether oxygens (including phenoxy) is 1. The number of nitrogens with one attached hydrogen (secondary N) is 2. The highest BCUT2D eigenvalue weighted by Crippen LogP contribution is 2.14. The Morgan fingerprint density at radius 2 is 2.00 bits per heavy atom. The topological polar surface area (TPSA) is 85.1 Å². The number of nitrogens with zero attached hydrogens (tertiary/aromatic N) is 2. The summed E-state index contributed by atoms with van der Waals surface area (Å²) in [5.41, 5.74) is 2.58. The van der Waals surface area contributed by atoms with Gasteiger partial charge >= 0.3 is 0 Å². The third-order valence-corrected chi connectivity index (χ3v) is 2.75. The molecule has 0 amide bonds. The first-order valence-electron chi connectivity index (χ1n) is 6.83. The van der Waals surface area contributed by atoms with Gasteiger partial charge in [-0.25, -0.2) is 15.8 Å². The van der Waals surface area contributed by atoms with Crippen LogP contribution in [0.15, 0.2) is 6.07 Å². The molecule has 0 fully saturated rings. The van der Waals surface area contributed by atoms with Crippen LogP contribution in [0.5, 0.6) is 0 Å². The molecule has 1 aromatic rings. The van der Waals surface area contributed by atoms with Crippen LogP contribution in [0.4, 0.5) is 11.6 Å². The van der Waals surface area contributed by atoms with E-state index in [2.05, 4.69) is 34.6 Å². The first-order chi connectivity index (χ1) is 9.23. The molecule has 6 nitrogen and oxygen atoms in total. The second-order valence-electron chi connectivity index (χ2n) is 4.53. The van der Waals surface area contributed by atoms with E-state index in [9.17, 15) is 0 Å². The summed E-state index contributed by atoms with van der Waals surface area (Å²) < 4.78 is 5.22. The minimum Gasteiger partial charge on any atom is -0.383 e. The first-order valence-corrected chi connectivity index (χ1v) is 6.83. The lowest BCUT2D eigenvalue weighted by atomic mass is 10.2. The lowest BCUT2D eigenvalue weighted by Crippen LogP contribution is -2.25. The minimum atomic E-state index is 0.255. The van der Waals surface area contributed by atoms with Crippen molar-refractivity contribution in [3.8, 4) is 0 Å². The highest BCUT2D eigenvalue weighted by molar-refractivity contribution is 5.47. The fourth-order valence-electron chi connectivity index (χ4n) is 1.94. The number of hydrogen-bond donors (Lipinski definition) is 3. The highest BCUT2D eigenvalue weighted by Gasteiger charge is 2.10. The van der Waals surface area contributed by atoms with Crippen molar-refractivity contribution in [3.05, 3.63) is 11.9 Å². The van der Waals surface area contributed by atoms with Crippen molar-refractivity contribution in [2.75, 3.05) is 24.5 Å². The third-order valence-electron chi connectivity index (χ3n) is 2.75. The van der Waals surface area contributed by atoms with E-state index in [0.29, 0.717) is 12.4 Å². The normalized spacial score (nSPS) is 12.2. The molecular formula is C13H25N5O. The van der Waals surface area contributed by atoms with Crippen molar-refractivity contribution >= 4 is 11.6 Å². The number of anilines is 2. The summed E-state index contributed by atoms with van der Waals surface area (Å²) >= 11 is 0. The zero-order valence-electron chi connectivity index (χ0n) is 12.1. The largest absolute Gasteiger partial charge is 0.383 e. The van der Waals surface area contributed by atoms with Gasteiger partial charge in [0.25, 0.3) is 0 Å². The molecule has 0 radical (unpaired) electrons. The first kappa shape index (κ1) is 15.7. The minimum absolute atomic E-state index is 0.255. The van der Waals surface area contributed by atoms with E-state index in [1.165, 1.54) is 0 Å². The summed E-state index contributed by atoms with van der Waals surface area (Å²) in [6, 6.07) is 2.07. The Hall–Kier alpha value is -1.40. The van der Waals surface area contributed by atoms with Crippen LogP contribution >= 0.6 is 0 Å². The number of hydrazine groups is 1. The van der Waals surface area contributed by atoms with Gasteiger partial charge in [-0.2, -0.15) is 0 Å². The Labute approximate surface area is 115 Å². The summed E-state index contributed by atoms with van der Waals surface area (Å²) in [5.74, 6) is 7.66. The van der Waals surface area contributed by atoms with E-state index < -0.39 is 0 Å². The van der Waals surface area contributed by atoms with Gasteiger partial charge in [0.05, 0.1) is 12.6 Å². The molecule has 1 aromatic heterocycles. The smallest absolute Gasteiger partial charge is 0.145 e. The molecule has 0 aliphatic rings. The van der Waals surface area contributed by atoms with Gasteiger partial charge in [-0.3, -0.25) is 0 Å². The van der Waals surface area contributed by atoms with E-state index in [4.69, 9.17) is 10.6 Å². The van der Waals surface area contributed by atoms with Crippen LogP contribution in [0.1, 0.15) is 38.9 Å². The van der Waals surface area contributed by atoms with Gasteiger partial charge in [0.1, 0.15) is 17.5 Å². The average molecular weight is 267 g/mol. The molecule has 0 aliphatic carbocycles. The molecule has 1 rings (SSSR count). The van der Waals surface area contributed by atoms with Crippen molar-refractivity contribution in [1.29, 1.82) is 0 Å². The number of methoxy groups -OCH3 is 1. The molecule has 1 heterocycles. The van der Waals surface area contributed by atoms with Gasteiger partial charge in [-0.05, 0) is 12.8 Å². The maximum absolute atomic E-state index is 5.44. The van der Waals surface area contributed by atoms with Crippen LogP contribution in [-0.2, 0) is 11.2 Å². The number of rotatable bonds is 9. The molecule has 108 valence electrons. The Balaban J connectivity index is 2.81. The molecule has 0 bridgehead atoms. The molecule has 0 aliphatic heterocycles. The van der Waals surface area contributed by atoms with Crippen molar-refractivity contribution in [2.45, 2.75) is 45.6 Å². The predicted octanol–water partition coefficient (Wildman–Crippen LogP) is 1.94. The quantitative estimate of drug-likeness (QED) is 0.468. The van der Waals surface area contributed by atoms with Gasteiger partial charge in [0.15, 0.2) is 0 Å². The number of hydrogen-bond acceptors (Lipinski definition) is 6. The van der Waals surface area contributed by atoms with Crippen LogP contribution in [0.25, 0.3) is 0 Å². The van der Waals surface area contributed by atoms with E-state index in [0.717, 1.165) is 37.3 Å². The average Bonchev–Trinajstić information content (AvgIpc) is 2.39. The fraction of sp³-hybridized carbons (Fsp3) is 0.692. The summed E-state index contributed by atoms with van der Waals surface area (Å²) in [6.07, 6.45) is 3.97. The Morgan fingerprint density at radius 1 is 1.26 bits per heavy atom. The van der Waals surface area contributed by atoms with E-state index in [1.54, 1.807) is 7.11 Å². The third kappa shape index (κ3) is 5.40. The molecule has 0 aromatic carbocycles. The molecule has 4 N–H and O–H groups in total. The second kappa shape index (κ2) is 8.66.